The van der Waals surface area contributed by atoms with Crippen molar-refractivity contribution in [2.75, 3.05) is 13.1 Å². The second kappa shape index (κ2) is 16.8. The van der Waals surface area contributed by atoms with Gasteiger partial charge in [0.1, 0.15) is 0 Å². The Labute approximate surface area is 290 Å². The molecule has 0 radical (unpaired) electrons. The molecular formula is C38H44N6O6. The second-order valence-corrected chi connectivity index (χ2v) is 13.1. The third kappa shape index (κ3) is 9.36. The van der Waals surface area contributed by atoms with Crippen LogP contribution in [0.3, 0.4) is 0 Å². The summed E-state index contributed by atoms with van der Waals surface area (Å²) in [5, 5.41) is 7.65. The zero-order valence-electron chi connectivity index (χ0n) is 28.7. The van der Waals surface area contributed by atoms with Gasteiger partial charge in [-0.3, -0.25) is 28.9 Å². The average molecular weight is 681 g/mol. The Balaban J connectivity index is 1.24. The smallest absolute Gasteiger partial charge is 0.274 e. The van der Waals surface area contributed by atoms with Crippen LogP contribution in [0.4, 0.5) is 0 Å². The van der Waals surface area contributed by atoms with Crippen molar-refractivity contribution in [1.29, 1.82) is 0 Å². The molecule has 0 fully saturated rings. The van der Waals surface area contributed by atoms with Gasteiger partial charge in [-0.1, -0.05) is 70.2 Å². The predicted octanol–water partition coefficient (Wildman–Crippen LogP) is 4.74. The largest absolute Gasteiger partial charge is 0.361 e. The molecule has 5 aromatic rings. The Morgan fingerprint density at radius 2 is 1.02 bits per heavy atom. The lowest BCUT2D eigenvalue weighted by atomic mass is 10.1. The number of hydrogen-bond donors (Lipinski definition) is 6. The summed E-state index contributed by atoms with van der Waals surface area (Å²) in [6.45, 7) is 8.83. The molecular weight excluding hydrogens is 636 g/mol. The molecule has 12 nitrogen and oxygen atoms in total. The Morgan fingerprint density at radius 1 is 0.600 bits per heavy atom. The van der Waals surface area contributed by atoms with Crippen molar-refractivity contribution in [2.24, 2.45) is 11.8 Å². The highest BCUT2D eigenvalue weighted by atomic mass is 16.7. The van der Waals surface area contributed by atoms with E-state index in [0.717, 1.165) is 32.9 Å². The monoisotopic (exact) mass is 680 g/mol. The molecule has 50 heavy (non-hydrogen) atoms. The number of rotatable bonds is 16. The Hall–Kier alpha value is -5.46. The van der Waals surface area contributed by atoms with Gasteiger partial charge in [0.25, 0.3) is 23.6 Å². The highest BCUT2D eigenvalue weighted by molar-refractivity contribution is 5.99. The molecule has 12 heteroatoms. The van der Waals surface area contributed by atoms with Crippen LogP contribution in [0.1, 0.15) is 59.5 Å². The minimum atomic E-state index is -1.02. The number of aromatic amines is 2. The lowest BCUT2D eigenvalue weighted by Crippen LogP contribution is -2.43. The van der Waals surface area contributed by atoms with Crippen molar-refractivity contribution in [1.82, 2.24) is 31.6 Å². The van der Waals surface area contributed by atoms with Crippen molar-refractivity contribution >= 4 is 45.4 Å². The van der Waals surface area contributed by atoms with Gasteiger partial charge in [0, 0.05) is 71.3 Å². The number of aromatic nitrogens is 2. The molecule has 0 saturated heterocycles. The molecule has 0 aliphatic carbocycles. The predicted molar refractivity (Wildman–Crippen MR) is 191 cm³/mol. The molecule has 2 aromatic heterocycles. The number of amides is 4. The van der Waals surface area contributed by atoms with Crippen molar-refractivity contribution in [2.45, 2.75) is 52.7 Å². The highest BCUT2D eigenvalue weighted by Gasteiger charge is 2.25. The molecule has 0 unspecified atom stereocenters. The maximum atomic E-state index is 13.2. The SMILES string of the molecule is CC(C)CNC(=O)[C@@H](Cc1c[nH]c2ccccc12)ONC(=O)c1cccc(C(=O)NO[C@H](Cc2c[nH]c3ccccc23)C(=O)NCC(C)C)c1. The summed E-state index contributed by atoms with van der Waals surface area (Å²) in [6, 6.07) is 21.4. The molecule has 0 bridgehead atoms. The molecule has 6 N–H and O–H groups in total. The van der Waals surface area contributed by atoms with Gasteiger partial charge in [-0.05, 0) is 53.3 Å². The van der Waals surface area contributed by atoms with E-state index < -0.39 is 24.0 Å². The summed E-state index contributed by atoms with van der Waals surface area (Å²) >= 11 is 0. The number of carbonyl (C=O) groups excluding carboxylic acids is 4. The van der Waals surface area contributed by atoms with E-state index in [1.165, 1.54) is 18.2 Å². The maximum Gasteiger partial charge on any atom is 0.274 e. The third-order valence-corrected chi connectivity index (χ3v) is 8.09. The van der Waals surface area contributed by atoms with Crippen LogP contribution in [0.15, 0.2) is 85.2 Å². The standard InChI is InChI=1S/C38H44N6O6/c1-23(2)19-41-37(47)33(17-27-21-39-31-14-7-5-12-29(27)31)49-43-35(45)25-10-9-11-26(16-25)36(46)44-50-34(38(48)42-20-24(3)4)18-28-22-40-32-15-8-6-13-30(28)32/h5-16,21-24,33-34,39-40H,17-20H2,1-4H3,(H,41,47)(H,42,48)(H,43,45)(H,44,46)/t33-,34-/m1/s1. The van der Waals surface area contributed by atoms with Crippen LogP contribution in [-0.2, 0) is 32.1 Å². The Kier molecular flexibility index (Phi) is 12.0. The van der Waals surface area contributed by atoms with Crippen LogP contribution in [-0.4, -0.2) is 58.9 Å². The van der Waals surface area contributed by atoms with Crippen LogP contribution in [0.25, 0.3) is 21.8 Å². The number of H-pyrrole nitrogens is 2. The van der Waals surface area contributed by atoms with Crippen LogP contribution in [0.5, 0.6) is 0 Å². The van der Waals surface area contributed by atoms with E-state index in [2.05, 4.69) is 31.6 Å². The van der Waals surface area contributed by atoms with Crippen LogP contribution in [0.2, 0.25) is 0 Å². The minimum Gasteiger partial charge on any atom is -0.361 e. The van der Waals surface area contributed by atoms with E-state index in [4.69, 9.17) is 9.68 Å². The molecule has 2 heterocycles. The number of nitrogens with one attached hydrogen (secondary N) is 6. The van der Waals surface area contributed by atoms with Gasteiger partial charge in [-0.2, -0.15) is 0 Å². The first-order valence-corrected chi connectivity index (χ1v) is 16.8. The quantitative estimate of drug-likeness (QED) is 0.0824. The van der Waals surface area contributed by atoms with Crippen LogP contribution >= 0.6 is 0 Å². The number of fused-ring (bicyclic) bond motifs is 2. The van der Waals surface area contributed by atoms with Gasteiger partial charge in [0.15, 0.2) is 12.2 Å². The summed E-state index contributed by atoms with van der Waals surface area (Å²) in [6.07, 6.45) is 2.01. The summed E-state index contributed by atoms with van der Waals surface area (Å²) in [5.74, 6) is -1.59. The van der Waals surface area contributed by atoms with Crippen molar-refractivity contribution in [3.63, 3.8) is 0 Å². The van der Waals surface area contributed by atoms with Gasteiger partial charge >= 0.3 is 0 Å². The topological polar surface area (TPSA) is 166 Å². The third-order valence-electron chi connectivity index (χ3n) is 8.09. The van der Waals surface area contributed by atoms with Gasteiger partial charge in [0.05, 0.1) is 0 Å². The summed E-state index contributed by atoms with van der Waals surface area (Å²) < 4.78 is 0. The van der Waals surface area contributed by atoms with Gasteiger partial charge in [-0.15, -0.1) is 0 Å². The Morgan fingerprint density at radius 3 is 1.44 bits per heavy atom. The molecule has 0 spiro atoms. The van der Waals surface area contributed by atoms with Crippen molar-refractivity contribution < 1.29 is 28.9 Å². The first-order valence-electron chi connectivity index (χ1n) is 16.8. The van der Waals surface area contributed by atoms with Crippen molar-refractivity contribution in [3.05, 3.63) is 107 Å². The first kappa shape index (κ1) is 35.8. The summed E-state index contributed by atoms with van der Waals surface area (Å²) in [5.41, 5.74) is 8.60. The number of benzene rings is 3. The van der Waals surface area contributed by atoms with E-state index in [1.54, 1.807) is 6.07 Å². The van der Waals surface area contributed by atoms with Crippen LogP contribution in [0, 0.1) is 11.8 Å². The highest BCUT2D eigenvalue weighted by Crippen LogP contribution is 2.21. The molecule has 2 atom stereocenters. The normalized spacial score (nSPS) is 12.6. The molecule has 0 saturated carbocycles. The van der Waals surface area contributed by atoms with Gasteiger partial charge < -0.3 is 20.6 Å². The average Bonchev–Trinajstić information content (AvgIpc) is 3.73. The zero-order valence-corrected chi connectivity index (χ0v) is 28.7. The fourth-order valence-electron chi connectivity index (χ4n) is 5.38. The Bertz CT molecular complexity index is 1810. The summed E-state index contributed by atoms with van der Waals surface area (Å²) in [4.78, 5) is 70.4. The molecule has 0 aliphatic rings. The van der Waals surface area contributed by atoms with Gasteiger partial charge in [0.2, 0.25) is 0 Å². The van der Waals surface area contributed by atoms with Crippen molar-refractivity contribution in [3.8, 4) is 0 Å². The van der Waals surface area contributed by atoms with E-state index in [-0.39, 0.29) is 47.6 Å². The lowest BCUT2D eigenvalue weighted by molar-refractivity contribution is -0.137. The van der Waals surface area contributed by atoms with E-state index in [0.29, 0.717) is 13.1 Å². The van der Waals surface area contributed by atoms with Crippen LogP contribution < -0.4 is 21.6 Å². The second-order valence-electron chi connectivity index (χ2n) is 13.1. The lowest BCUT2D eigenvalue weighted by Gasteiger charge is -2.19. The molecule has 0 aliphatic heterocycles. The molecule has 4 amide bonds. The zero-order chi connectivity index (χ0) is 35.6. The van der Waals surface area contributed by atoms with E-state index in [1.807, 2.05) is 88.6 Å². The van der Waals surface area contributed by atoms with Gasteiger partial charge in [-0.25, -0.2) is 11.0 Å². The van der Waals surface area contributed by atoms with E-state index >= 15 is 0 Å². The number of carbonyl (C=O) groups is 4. The fourth-order valence-corrected chi connectivity index (χ4v) is 5.38. The molecule has 5 rings (SSSR count). The number of para-hydroxylation sites is 2. The fraction of sp³-hybridized carbons (Fsp3) is 0.316. The first-order chi connectivity index (χ1) is 24.1. The summed E-state index contributed by atoms with van der Waals surface area (Å²) in [7, 11) is 0. The minimum absolute atomic E-state index is 0.121. The number of hydrogen-bond acceptors (Lipinski definition) is 6. The number of hydroxylamine groups is 2. The maximum absolute atomic E-state index is 13.2. The van der Waals surface area contributed by atoms with E-state index in [9.17, 15) is 19.2 Å². The molecule has 262 valence electrons. The molecule has 3 aromatic carbocycles.